The fourth-order valence-electron chi connectivity index (χ4n) is 3.65. The molecule has 1 aliphatic rings. The highest BCUT2D eigenvalue weighted by Gasteiger charge is 2.48. The van der Waals surface area contributed by atoms with Crippen LogP contribution in [-0.4, -0.2) is 50.7 Å². The number of carbonyl (C=O) groups is 1. The summed E-state index contributed by atoms with van der Waals surface area (Å²) in [6.07, 6.45) is 2.89. The van der Waals surface area contributed by atoms with E-state index in [1.165, 1.54) is 13.5 Å². The number of ether oxygens (including phenoxy) is 1. The third-order valence-corrected chi connectivity index (χ3v) is 3.98. The van der Waals surface area contributed by atoms with Gasteiger partial charge in [-0.05, 0) is 44.7 Å². The maximum Gasteiger partial charge on any atom is 0.326 e. The average molecular weight is 270 g/mol. The molecule has 0 heterocycles. The van der Waals surface area contributed by atoms with Crippen molar-refractivity contribution in [2.45, 2.75) is 45.6 Å². The topological polar surface area (TPSA) is 41.6 Å². The molecule has 0 spiro atoms. The highest BCUT2D eigenvalue weighted by molar-refractivity contribution is 5.81. The zero-order valence-corrected chi connectivity index (χ0v) is 13.4. The van der Waals surface area contributed by atoms with Gasteiger partial charge in [0.2, 0.25) is 0 Å². The Kier molecular flexibility index (Phi) is 5.39. The molecule has 112 valence electrons. The second-order valence-corrected chi connectivity index (χ2v) is 7.16. The van der Waals surface area contributed by atoms with Gasteiger partial charge in [0.05, 0.1) is 7.11 Å². The van der Waals surface area contributed by atoms with Crippen LogP contribution < -0.4 is 5.32 Å². The number of rotatable bonds is 5. The molecule has 2 unspecified atom stereocenters. The summed E-state index contributed by atoms with van der Waals surface area (Å²) in [4.78, 5) is 14.4. The molecule has 4 heteroatoms. The van der Waals surface area contributed by atoms with Gasteiger partial charge in [-0.15, -0.1) is 0 Å². The Labute approximate surface area is 117 Å². The number of methoxy groups -OCH3 is 1. The molecule has 1 fully saturated rings. The van der Waals surface area contributed by atoms with E-state index in [1.807, 2.05) is 14.1 Å². The van der Waals surface area contributed by atoms with Crippen molar-refractivity contribution in [3.05, 3.63) is 0 Å². The summed E-state index contributed by atoms with van der Waals surface area (Å²) in [6.45, 7) is 8.45. The largest absolute Gasteiger partial charge is 0.468 e. The van der Waals surface area contributed by atoms with Crippen molar-refractivity contribution in [1.29, 1.82) is 0 Å². The van der Waals surface area contributed by atoms with Crippen LogP contribution in [-0.2, 0) is 9.53 Å². The van der Waals surface area contributed by atoms with Crippen LogP contribution in [0.2, 0.25) is 0 Å². The SMILES string of the molecule is COC(=O)C1(NCCN(C)C)CC(C)CC(C)(C)C1. The molecule has 0 radical (unpaired) electrons. The van der Waals surface area contributed by atoms with Crippen LogP contribution in [0.3, 0.4) is 0 Å². The average Bonchev–Trinajstić information content (AvgIpc) is 2.24. The first-order valence-electron chi connectivity index (χ1n) is 7.19. The number of esters is 1. The molecule has 19 heavy (non-hydrogen) atoms. The van der Waals surface area contributed by atoms with Crippen LogP contribution in [0.1, 0.15) is 40.0 Å². The Morgan fingerprint density at radius 1 is 1.37 bits per heavy atom. The zero-order valence-electron chi connectivity index (χ0n) is 13.4. The van der Waals surface area contributed by atoms with E-state index >= 15 is 0 Å². The Hall–Kier alpha value is -0.610. The van der Waals surface area contributed by atoms with Crippen molar-refractivity contribution >= 4 is 5.97 Å². The Balaban J connectivity index is 2.83. The van der Waals surface area contributed by atoms with Gasteiger partial charge in [-0.1, -0.05) is 20.8 Å². The van der Waals surface area contributed by atoms with Gasteiger partial charge in [-0.2, -0.15) is 0 Å². The Morgan fingerprint density at radius 3 is 2.47 bits per heavy atom. The van der Waals surface area contributed by atoms with E-state index in [9.17, 15) is 4.79 Å². The van der Waals surface area contributed by atoms with Crippen LogP contribution in [0.4, 0.5) is 0 Å². The first-order valence-corrected chi connectivity index (χ1v) is 7.19. The summed E-state index contributed by atoms with van der Waals surface area (Å²) in [5.74, 6) is 0.431. The number of hydrogen-bond donors (Lipinski definition) is 1. The van der Waals surface area contributed by atoms with Gasteiger partial charge in [0.25, 0.3) is 0 Å². The van der Waals surface area contributed by atoms with Crippen LogP contribution in [0.5, 0.6) is 0 Å². The maximum atomic E-state index is 12.3. The first-order chi connectivity index (χ1) is 8.71. The molecule has 2 atom stereocenters. The predicted molar refractivity (Wildman–Crippen MR) is 78.1 cm³/mol. The van der Waals surface area contributed by atoms with Gasteiger partial charge >= 0.3 is 5.97 Å². The summed E-state index contributed by atoms with van der Waals surface area (Å²) in [5.41, 5.74) is -0.330. The van der Waals surface area contributed by atoms with Crippen LogP contribution in [0, 0.1) is 11.3 Å². The molecular formula is C15H30N2O2. The van der Waals surface area contributed by atoms with Crippen molar-refractivity contribution < 1.29 is 9.53 Å². The lowest BCUT2D eigenvalue weighted by molar-refractivity contribution is -0.153. The molecule has 0 aromatic carbocycles. The third-order valence-electron chi connectivity index (χ3n) is 3.98. The molecule has 0 bridgehead atoms. The number of nitrogens with one attached hydrogen (secondary N) is 1. The first kappa shape index (κ1) is 16.4. The van der Waals surface area contributed by atoms with Gasteiger partial charge in [-0.3, -0.25) is 4.79 Å². The Morgan fingerprint density at radius 2 is 2.00 bits per heavy atom. The minimum Gasteiger partial charge on any atom is -0.468 e. The predicted octanol–water partition coefficient (Wildman–Crippen LogP) is 1.90. The molecule has 1 saturated carbocycles. The molecule has 0 aliphatic heterocycles. The van der Waals surface area contributed by atoms with Crippen LogP contribution in [0.25, 0.3) is 0 Å². The van der Waals surface area contributed by atoms with E-state index in [0.717, 1.165) is 25.9 Å². The van der Waals surface area contributed by atoms with Crippen LogP contribution in [0.15, 0.2) is 0 Å². The van der Waals surface area contributed by atoms with Crippen LogP contribution >= 0.6 is 0 Å². The van der Waals surface area contributed by atoms with E-state index in [-0.39, 0.29) is 11.4 Å². The lowest BCUT2D eigenvalue weighted by Crippen LogP contribution is -2.59. The molecule has 1 N–H and O–H groups in total. The summed E-state index contributed by atoms with van der Waals surface area (Å²) in [5, 5.41) is 3.49. The fourth-order valence-corrected chi connectivity index (χ4v) is 3.65. The molecule has 0 aromatic rings. The van der Waals surface area contributed by atoms with Gasteiger partial charge < -0.3 is 15.0 Å². The monoisotopic (exact) mass is 270 g/mol. The highest BCUT2D eigenvalue weighted by Crippen LogP contribution is 2.44. The van der Waals surface area contributed by atoms with Gasteiger partial charge in [0, 0.05) is 13.1 Å². The minimum absolute atomic E-state index is 0.106. The summed E-state index contributed by atoms with van der Waals surface area (Å²) >= 11 is 0. The maximum absolute atomic E-state index is 12.3. The van der Waals surface area contributed by atoms with Crippen molar-refractivity contribution in [2.75, 3.05) is 34.3 Å². The lowest BCUT2D eigenvalue weighted by Gasteiger charge is -2.46. The standard InChI is InChI=1S/C15H30N2O2/c1-12-9-14(2,3)11-15(10-12,13(18)19-6)16-7-8-17(4)5/h12,16H,7-11H2,1-6H3. The second-order valence-electron chi connectivity index (χ2n) is 7.16. The number of nitrogens with zero attached hydrogens (tertiary/aromatic N) is 1. The van der Waals surface area contributed by atoms with Crippen molar-refractivity contribution in [1.82, 2.24) is 10.2 Å². The quantitative estimate of drug-likeness (QED) is 0.775. The highest BCUT2D eigenvalue weighted by atomic mass is 16.5. The molecule has 0 aromatic heterocycles. The van der Waals surface area contributed by atoms with Gasteiger partial charge in [-0.25, -0.2) is 0 Å². The molecular weight excluding hydrogens is 240 g/mol. The van der Waals surface area contributed by atoms with Gasteiger partial charge in [0.1, 0.15) is 5.54 Å². The fraction of sp³-hybridized carbons (Fsp3) is 0.933. The third kappa shape index (κ3) is 4.46. The van der Waals surface area contributed by atoms with E-state index in [0.29, 0.717) is 5.92 Å². The number of carbonyl (C=O) groups excluding carboxylic acids is 1. The second kappa shape index (κ2) is 6.23. The van der Waals surface area contributed by atoms with Crippen molar-refractivity contribution in [3.8, 4) is 0 Å². The Bertz CT molecular complexity index is 315. The minimum atomic E-state index is -0.508. The van der Waals surface area contributed by atoms with Gasteiger partial charge in [0.15, 0.2) is 0 Å². The molecule has 4 nitrogen and oxygen atoms in total. The summed E-state index contributed by atoms with van der Waals surface area (Å²) in [7, 11) is 5.57. The summed E-state index contributed by atoms with van der Waals surface area (Å²) in [6, 6.07) is 0. The summed E-state index contributed by atoms with van der Waals surface area (Å²) < 4.78 is 5.08. The zero-order chi connectivity index (χ0) is 14.7. The lowest BCUT2D eigenvalue weighted by atomic mass is 9.64. The molecule has 0 amide bonds. The normalized spacial score (nSPS) is 30.4. The van der Waals surface area contributed by atoms with Crippen molar-refractivity contribution in [2.24, 2.45) is 11.3 Å². The molecule has 1 rings (SSSR count). The number of hydrogen-bond acceptors (Lipinski definition) is 4. The van der Waals surface area contributed by atoms with Crippen molar-refractivity contribution in [3.63, 3.8) is 0 Å². The van der Waals surface area contributed by atoms with E-state index in [4.69, 9.17) is 4.74 Å². The van der Waals surface area contributed by atoms with E-state index in [1.54, 1.807) is 0 Å². The molecule has 0 saturated heterocycles. The molecule has 1 aliphatic carbocycles. The van der Waals surface area contributed by atoms with E-state index < -0.39 is 5.54 Å². The smallest absolute Gasteiger partial charge is 0.326 e. The number of likely N-dealkylation sites (N-methyl/N-ethyl adjacent to an activating group) is 1. The van der Waals surface area contributed by atoms with E-state index in [2.05, 4.69) is 31.0 Å².